The van der Waals surface area contributed by atoms with E-state index in [0.29, 0.717) is 32.3 Å². The Labute approximate surface area is 128 Å². The number of carbonyl (C=O) groups excluding carboxylic acids is 1. The van der Waals surface area contributed by atoms with Crippen molar-refractivity contribution in [2.45, 2.75) is 6.92 Å². The number of ketones is 1. The fourth-order valence-corrected chi connectivity index (χ4v) is 2.78. The van der Waals surface area contributed by atoms with Crippen LogP contribution in [0.1, 0.15) is 21.5 Å². The summed E-state index contributed by atoms with van der Waals surface area (Å²) < 4.78 is 0.608. The van der Waals surface area contributed by atoms with E-state index in [4.69, 9.17) is 5.73 Å². The number of nitrogens with two attached hydrogens (primary N) is 1. The molecule has 21 heavy (non-hydrogen) atoms. The van der Waals surface area contributed by atoms with Crippen LogP contribution in [0, 0.1) is 6.92 Å². The Kier molecular flexibility index (Phi) is 3.17. The van der Waals surface area contributed by atoms with Gasteiger partial charge < -0.3 is 15.7 Å². The van der Waals surface area contributed by atoms with Crippen LogP contribution >= 0.6 is 15.9 Å². The molecule has 6 heteroatoms. The SMILES string of the molecule is Cc1cccc(C(=O)c2cc3[nH]c(=O)[nH]c3cc2Br)c1N. The van der Waals surface area contributed by atoms with Crippen molar-refractivity contribution >= 4 is 38.4 Å². The van der Waals surface area contributed by atoms with Gasteiger partial charge in [0.25, 0.3) is 0 Å². The van der Waals surface area contributed by atoms with Gasteiger partial charge in [-0.25, -0.2) is 4.79 Å². The molecule has 4 N–H and O–H groups in total. The number of para-hydroxylation sites is 1. The number of imidazole rings is 1. The second-order valence-electron chi connectivity index (χ2n) is 4.82. The molecule has 0 aliphatic heterocycles. The number of H-pyrrole nitrogens is 2. The van der Waals surface area contributed by atoms with E-state index in [0.717, 1.165) is 5.56 Å². The summed E-state index contributed by atoms with van der Waals surface area (Å²) in [5.41, 5.74) is 9.13. The van der Waals surface area contributed by atoms with E-state index in [-0.39, 0.29) is 11.5 Å². The number of aryl methyl sites for hydroxylation is 1. The maximum Gasteiger partial charge on any atom is 0.323 e. The molecule has 2 aromatic carbocycles. The quantitative estimate of drug-likeness (QED) is 0.492. The highest BCUT2D eigenvalue weighted by atomic mass is 79.9. The molecule has 0 saturated carbocycles. The van der Waals surface area contributed by atoms with E-state index in [2.05, 4.69) is 25.9 Å². The molecule has 0 aliphatic carbocycles. The molecule has 3 rings (SSSR count). The Balaban J connectivity index is 2.19. The molecule has 0 unspecified atom stereocenters. The third kappa shape index (κ3) is 2.27. The lowest BCUT2D eigenvalue weighted by molar-refractivity contribution is 0.103. The number of hydrogen-bond acceptors (Lipinski definition) is 3. The van der Waals surface area contributed by atoms with Crippen molar-refractivity contribution in [1.82, 2.24) is 9.97 Å². The highest BCUT2D eigenvalue weighted by Gasteiger charge is 2.17. The first-order valence-electron chi connectivity index (χ1n) is 6.28. The summed E-state index contributed by atoms with van der Waals surface area (Å²) in [5, 5.41) is 0. The molecule has 106 valence electrons. The number of rotatable bonds is 2. The van der Waals surface area contributed by atoms with Crippen LogP contribution in [0.3, 0.4) is 0 Å². The summed E-state index contributed by atoms with van der Waals surface area (Å²) >= 11 is 3.37. The fraction of sp³-hybridized carbons (Fsp3) is 0.0667. The Hall–Kier alpha value is -2.34. The summed E-state index contributed by atoms with van der Waals surface area (Å²) in [6.07, 6.45) is 0. The van der Waals surface area contributed by atoms with E-state index in [1.54, 1.807) is 24.3 Å². The second-order valence-corrected chi connectivity index (χ2v) is 5.68. The van der Waals surface area contributed by atoms with Crippen molar-refractivity contribution < 1.29 is 4.79 Å². The number of hydrogen-bond donors (Lipinski definition) is 3. The molecule has 0 amide bonds. The van der Waals surface area contributed by atoms with Crippen molar-refractivity contribution in [2.75, 3.05) is 5.73 Å². The number of anilines is 1. The Morgan fingerprint density at radius 2 is 1.81 bits per heavy atom. The van der Waals surface area contributed by atoms with Gasteiger partial charge in [-0.15, -0.1) is 0 Å². The average Bonchev–Trinajstić information content (AvgIpc) is 2.79. The zero-order valence-corrected chi connectivity index (χ0v) is 12.7. The standard InChI is InChI=1S/C15H12BrN3O2/c1-7-3-2-4-8(13(7)17)14(20)9-5-11-12(6-10(9)16)19-15(21)18-11/h2-6H,17H2,1H3,(H2,18,19,21). The number of carbonyl (C=O) groups is 1. The molecule has 0 spiro atoms. The maximum absolute atomic E-state index is 12.7. The molecular formula is C15H12BrN3O2. The zero-order valence-electron chi connectivity index (χ0n) is 11.2. The van der Waals surface area contributed by atoms with Crippen LogP contribution in [0.4, 0.5) is 5.69 Å². The van der Waals surface area contributed by atoms with Gasteiger partial charge >= 0.3 is 5.69 Å². The van der Waals surface area contributed by atoms with Crippen LogP contribution in [0.5, 0.6) is 0 Å². The lowest BCUT2D eigenvalue weighted by Gasteiger charge is -2.09. The number of fused-ring (bicyclic) bond motifs is 1. The number of halogens is 1. The van der Waals surface area contributed by atoms with Crippen LogP contribution in [0.2, 0.25) is 0 Å². The molecule has 0 aliphatic rings. The third-order valence-corrected chi connectivity index (χ3v) is 4.07. The minimum atomic E-state index is -0.309. The van der Waals surface area contributed by atoms with Gasteiger partial charge in [0, 0.05) is 21.3 Å². The number of nitrogens with one attached hydrogen (secondary N) is 2. The molecule has 0 saturated heterocycles. The Morgan fingerprint density at radius 1 is 1.14 bits per heavy atom. The number of aromatic amines is 2. The normalized spacial score (nSPS) is 11.0. The molecule has 3 aromatic rings. The van der Waals surface area contributed by atoms with E-state index in [1.165, 1.54) is 0 Å². The van der Waals surface area contributed by atoms with Crippen molar-refractivity contribution in [2.24, 2.45) is 0 Å². The van der Waals surface area contributed by atoms with Crippen molar-refractivity contribution in [3.8, 4) is 0 Å². The monoisotopic (exact) mass is 345 g/mol. The first-order valence-corrected chi connectivity index (χ1v) is 7.08. The van der Waals surface area contributed by atoms with Crippen molar-refractivity contribution in [3.05, 3.63) is 62.0 Å². The predicted molar refractivity (Wildman–Crippen MR) is 85.6 cm³/mol. The number of aromatic nitrogens is 2. The van der Waals surface area contributed by atoms with Gasteiger partial charge in [-0.05, 0) is 46.6 Å². The largest absolute Gasteiger partial charge is 0.398 e. The van der Waals surface area contributed by atoms with Gasteiger partial charge in [0.2, 0.25) is 0 Å². The van der Waals surface area contributed by atoms with Crippen LogP contribution in [0.15, 0.2) is 39.6 Å². The van der Waals surface area contributed by atoms with Gasteiger partial charge in [-0.3, -0.25) is 4.79 Å². The summed E-state index contributed by atoms with van der Waals surface area (Å²) in [4.78, 5) is 29.3. The molecule has 0 bridgehead atoms. The topological polar surface area (TPSA) is 91.7 Å². The molecule has 1 aromatic heterocycles. The highest BCUT2D eigenvalue weighted by Crippen LogP contribution is 2.27. The highest BCUT2D eigenvalue weighted by molar-refractivity contribution is 9.10. The van der Waals surface area contributed by atoms with E-state index >= 15 is 0 Å². The summed E-state index contributed by atoms with van der Waals surface area (Å²) in [6, 6.07) is 8.69. The second kappa shape index (κ2) is 4.89. The predicted octanol–water partition coefficient (Wildman–Crippen LogP) is 2.74. The van der Waals surface area contributed by atoms with E-state index < -0.39 is 0 Å². The van der Waals surface area contributed by atoms with Gasteiger partial charge in [-0.2, -0.15) is 0 Å². The minimum Gasteiger partial charge on any atom is -0.398 e. The molecule has 1 heterocycles. The van der Waals surface area contributed by atoms with Crippen molar-refractivity contribution in [3.63, 3.8) is 0 Å². The smallest absolute Gasteiger partial charge is 0.323 e. The fourth-order valence-electron chi connectivity index (χ4n) is 2.25. The first kappa shape index (κ1) is 13.6. The summed E-state index contributed by atoms with van der Waals surface area (Å²) in [6.45, 7) is 1.86. The molecule has 0 fully saturated rings. The maximum atomic E-state index is 12.7. The van der Waals surface area contributed by atoms with Crippen LogP contribution in [-0.4, -0.2) is 15.8 Å². The molecule has 5 nitrogen and oxygen atoms in total. The van der Waals surface area contributed by atoms with Crippen LogP contribution in [-0.2, 0) is 0 Å². The number of benzene rings is 2. The van der Waals surface area contributed by atoms with Crippen LogP contribution in [0.25, 0.3) is 11.0 Å². The van der Waals surface area contributed by atoms with Gasteiger partial charge in [-0.1, -0.05) is 12.1 Å². The Morgan fingerprint density at radius 3 is 2.52 bits per heavy atom. The van der Waals surface area contributed by atoms with E-state index in [1.807, 2.05) is 13.0 Å². The minimum absolute atomic E-state index is 0.188. The van der Waals surface area contributed by atoms with E-state index in [9.17, 15) is 9.59 Å². The molecule has 0 atom stereocenters. The number of nitrogen functional groups attached to an aromatic ring is 1. The summed E-state index contributed by atoms with van der Waals surface area (Å²) in [5.74, 6) is -0.188. The van der Waals surface area contributed by atoms with Crippen molar-refractivity contribution in [1.29, 1.82) is 0 Å². The zero-order chi connectivity index (χ0) is 15.1. The van der Waals surface area contributed by atoms with Gasteiger partial charge in [0.1, 0.15) is 0 Å². The molecule has 0 radical (unpaired) electrons. The lowest BCUT2D eigenvalue weighted by atomic mass is 9.99. The Bertz CT molecular complexity index is 924. The van der Waals surface area contributed by atoms with Gasteiger partial charge in [0.15, 0.2) is 5.78 Å². The molecular weight excluding hydrogens is 334 g/mol. The van der Waals surface area contributed by atoms with Crippen LogP contribution < -0.4 is 11.4 Å². The van der Waals surface area contributed by atoms with Gasteiger partial charge in [0.05, 0.1) is 11.0 Å². The third-order valence-electron chi connectivity index (χ3n) is 3.42. The first-order chi connectivity index (χ1) is 9.97. The average molecular weight is 346 g/mol. The summed E-state index contributed by atoms with van der Waals surface area (Å²) in [7, 11) is 0. The lowest BCUT2D eigenvalue weighted by Crippen LogP contribution is -2.07.